The molecule has 0 N–H and O–H groups in total. The minimum Gasteiger partial charge on any atom is -0.497 e. The number of methoxy groups -OCH3 is 1. The number of benzene rings is 3. The molecule has 0 radical (unpaired) electrons. The van der Waals surface area contributed by atoms with Gasteiger partial charge in [-0.05, 0) is 53.6 Å². The Morgan fingerprint density at radius 3 is 2.48 bits per heavy atom. The number of nitrogens with zero attached hydrogens (tertiary/aromatic N) is 2. The highest BCUT2D eigenvalue weighted by atomic mass is 16.5. The molecule has 0 spiro atoms. The Hall–Kier alpha value is -3.77. The Morgan fingerprint density at radius 1 is 1.03 bits per heavy atom. The van der Waals surface area contributed by atoms with Crippen LogP contribution in [0.3, 0.4) is 0 Å². The average Bonchev–Trinajstić information content (AvgIpc) is 3.15. The maximum atomic E-state index is 13.0. The molecule has 0 unspecified atom stereocenters. The maximum Gasteiger partial charge on any atom is 0.231 e. The van der Waals surface area contributed by atoms with Gasteiger partial charge in [0.1, 0.15) is 24.0 Å². The second-order valence-corrected chi connectivity index (χ2v) is 8.45. The molecule has 0 aromatic heterocycles. The Labute approximate surface area is 193 Å². The van der Waals surface area contributed by atoms with Gasteiger partial charge in [0.2, 0.25) is 5.78 Å². The normalized spacial score (nSPS) is 16.1. The molecule has 0 aliphatic carbocycles. The van der Waals surface area contributed by atoms with Crippen molar-refractivity contribution in [3.05, 3.63) is 88.7 Å². The van der Waals surface area contributed by atoms with Crippen molar-refractivity contribution in [2.75, 3.05) is 32.8 Å². The van der Waals surface area contributed by atoms with Crippen LogP contribution in [-0.4, -0.2) is 38.6 Å². The Kier molecular flexibility index (Phi) is 5.52. The zero-order valence-corrected chi connectivity index (χ0v) is 19.0. The standard InChI is InChI=1S/C27H26N2O4/c1-28(2)20-8-4-18(5-9-20)14-25-26(30)22-12-13-24-23(27(22)33-25)16-29(17-32-24)15-19-6-10-21(31-3)11-7-19/h4-14H,15-17H2,1-3H3/b25-14-. The van der Waals surface area contributed by atoms with Crippen molar-refractivity contribution >= 4 is 17.5 Å². The van der Waals surface area contributed by atoms with Gasteiger partial charge in [-0.25, -0.2) is 0 Å². The summed E-state index contributed by atoms with van der Waals surface area (Å²) >= 11 is 0. The van der Waals surface area contributed by atoms with Crippen molar-refractivity contribution in [3.63, 3.8) is 0 Å². The van der Waals surface area contributed by atoms with E-state index in [2.05, 4.69) is 4.90 Å². The second kappa shape index (κ2) is 8.64. The van der Waals surface area contributed by atoms with Crippen molar-refractivity contribution in [1.82, 2.24) is 4.90 Å². The van der Waals surface area contributed by atoms with Gasteiger partial charge in [-0.3, -0.25) is 9.69 Å². The lowest BCUT2D eigenvalue weighted by Gasteiger charge is -2.29. The van der Waals surface area contributed by atoms with Crippen LogP contribution in [0.1, 0.15) is 27.0 Å². The summed E-state index contributed by atoms with van der Waals surface area (Å²) in [6, 6.07) is 19.7. The molecule has 6 nitrogen and oxygen atoms in total. The molecule has 2 heterocycles. The van der Waals surface area contributed by atoms with Gasteiger partial charge in [-0.2, -0.15) is 0 Å². The van der Waals surface area contributed by atoms with Gasteiger partial charge in [0.25, 0.3) is 0 Å². The van der Waals surface area contributed by atoms with E-state index in [9.17, 15) is 4.79 Å². The second-order valence-electron chi connectivity index (χ2n) is 8.45. The van der Waals surface area contributed by atoms with Gasteiger partial charge in [0.15, 0.2) is 5.76 Å². The van der Waals surface area contributed by atoms with Gasteiger partial charge in [-0.1, -0.05) is 24.3 Å². The summed E-state index contributed by atoms with van der Waals surface area (Å²) < 4.78 is 17.3. The molecular weight excluding hydrogens is 416 g/mol. The SMILES string of the molecule is COc1ccc(CN2COc3ccc4c(c3C2)O/C(=C\c2ccc(N(C)C)cc2)C4=O)cc1. The number of anilines is 1. The average molecular weight is 443 g/mol. The molecule has 6 heteroatoms. The Morgan fingerprint density at radius 2 is 1.79 bits per heavy atom. The first-order chi connectivity index (χ1) is 16.0. The molecule has 3 aromatic carbocycles. The maximum absolute atomic E-state index is 13.0. The van der Waals surface area contributed by atoms with E-state index in [-0.39, 0.29) is 5.78 Å². The fourth-order valence-electron chi connectivity index (χ4n) is 4.11. The van der Waals surface area contributed by atoms with Gasteiger partial charge < -0.3 is 19.1 Å². The van der Waals surface area contributed by atoms with E-state index in [0.29, 0.717) is 30.3 Å². The van der Waals surface area contributed by atoms with Gasteiger partial charge in [-0.15, -0.1) is 0 Å². The zero-order valence-electron chi connectivity index (χ0n) is 19.0. The van der Waals surface area contributed by atoms with E-state index in [1.165, 1.54) is 0 Å². The topological polar surface area (TPSA) is 51.2 Å². The molecular formula is C27H26N2O4. The lowest BCUT2D eigenvalue weighted by molar-refractivity contribution is 0.0872. The minimum atomic E-state index is -0.100. The fourth-order valence-corrected chi connectivity index (χ4v) is 4.11. The summed E-state index contributed by atoms with van der Waals surface area (Å²) in [4.78, 5) is 17.2. The largest absolute Gasteiger partial charge is 0.497 e. The van der Waals surface area contributed by atoms with Crippen LogP contribution < -0.4 is 19.1 Å². The lowest BCUT2D eigenvalue weighted by Crippen LogP contribution is -2.31. The number of fused-ring (bicyclic) bond motifs is 3. The Bertz CT molecular complexity index is 1210. The van der Waals surface area contributed by atoms with E-state index in [0.717, 1.165) is 40.4 Å². The number of carbonyl (C=O) groups excluding carboxylic acids is 1. The molecule has 0 atom stereocenters. The van der Waals surface area contributed by atoms with Crippen LogP contribution in [0.4, 0.5) is 5.69 Å². The summed E-state index contributed by atoms with van der Waals surface area (Å²) in [5.74, 6) is 2.44. The predicted molar refractivity (Wildman–Crippen MR) is 128 cm³/mol. The lowest BCUT2D eigenvalue weighted by atomic mass is 10.0. The van der Waals surface area contributed by atoms with Crippen LogP contribution in [0.2, 0.25) is 0 Å². The number of ketones is 1. The van der Waals surface area contributed by atoms with E-state index in [1.807, 2.05) is 73.6 Å². The monoisotopic (exact) mass is 442 g/mol. The highest BCUT2D eigenvalue weighted by Crippen LogP contribution is 2.42. The number of allylic oxidation sites excluding steroid dienone is 1. The quantitative estimate of drug-likeness (QED) is 0.533. The molecule has 0 amide bonds. The number of ether oxygens (including phenoxy) is 3. The molecule has 5 rings (SSSR count). The number of hydrogen-bond donors (Lipinski definition) is 0. The smallest absolute Gasteiger partial charge is 0.231 e. The molecule has 0 bridgehead atoms. The summed E-state index contributed by atoms with van der Waals surface area (Å²) in [6.07, 6.45) is 1.80. The number of rotatable bonds is 5. The van der Waals surface area contributed by atoms with E-state index >= 15 is 0 Å². The summed E-state index contributed by atoms with van der Waals surface area (Å²) in [7, 11) is 5.65. The predicted octanol–water partition coefficient (Wildman–Crippen LogP) is 4.73. The van der Waals surface area contributed by atoms with Crippen molar-refractivity contribution in [2.45, 2.75) is 13.1 Å². The third-order valence-electron chi connectivity index (χ3n) is 5.95. The van der Waals surface area contributed by atoms with E-state index < -0.39 is 0 Å². The first-order valence-corrected chi connectivity index (χ1v) is 10.9. The van der Waals surface area contributed by atoms with Crippen molar-refractivity contribution in [1.29, 1.82) is 0 Å². The van der Waals surface area contributed by atoms with Crippen LogP contribution in [0.25, 0.3) is 6.08 Å². The minimum absolute atomic E-state index is 0.100. The molecule has 0 saturated carbocycles. The third kappa shape index (κ3) is 4.17. The number of hydrogen-bond acceptors (Lipinski definition) is 6. The summed E-state index contributed by atoms with van der Waals surface area (Å²) in [6.45, 7) is 1.84. The molecule has 3 aromatic rings. The fraction of sp³-hybridized carbons (Fsp3) is 0.222. The Balaban J connectivity index is 1.37. The first-order valence-electron chi connectivity index (χ1n) is 10.9. The first kappa shape index (κ1) is 21.1. The highest BCUT2D eigenvalue weighted by Gasteiger charge is 2.33. The molecule has 168 valence electrons. The van der Waals surface area contributed by atoms with Crippen LogP contribution in [0.5, 0.6) is 17.2 Å². The molecule has 0 saturated heterocycles. The number of Topliss-reactive ketones (excluding diaryl/α,β-unsaturated/α-hetero) is 1. The molecule has 0 fully saturated rings. The van der Waals surface area contributed by atoms with Gasteiger partial charge >= 0.3 is 0 Å². The third-order valence-corrected chi connectivity index (χ3v) is 5.95. The van der Waals surface area contributed by atoms with Crippen molar-refractivity contribution in [2.24, 2.45) is 0 Å². The summed E-state index contributed by atoms with van der Waals surface area (Å²) in [5.41, 5.74) is 4.67. The van der Waals surface area contributed by atoms with Crippen LogP contribution in [0.15, 0.2) is 66.4 Å². The highest BCUT2D eigenvalue weighted by molar-refractivity contribution is 6.15. The van der Waals surface area contributed by atoms with E-state index in [1.54, 1.807) is 19.3 Å². The number of carbonyl (C=O) groups is 1. The molecule has 2 aliphatic heterocycles. The van der Waals surface area contributed by atoms with Crippen LogP contribution in [-0.2, 0) is 13.1 Å². The van der Waals surface area contributed by atoms with Crippen LogP contribution in [0, 0.1) is 0 Å². The van der Waals surface area contributed by atoms with Gasteiger partial charge in [0.05, 0.1) is 18.2 Å². The summed E-state index contributed by atoms with van der Waals surface area (Å²) in [5, 5.41) is 0. The van der Waals surface area contributed by atoms with E-state index in [4.69, 9.17) is 14.2 Å². The molecule has 2 aliphatic rings. The van der Waals surface area contributed by atoms with Crippen LogP contribution >= 0.6 is 0 Å². The van der Waals surface area contributed by atoms with Gasteiger partial charge in [0, 0.05) is 32.9 Å². The van der Waals surface area contributed by atoms with Crippen molar-refractivity contribution in [3.8, 4) is 17.2 Å². The van der Waals surface area contributed by atoms with Crippen molar-refractivity contribution < 1.29 is 19.0 Å². The molecule has 33 heavy (non-hydrogen) atoms. The zero-order chi connectivity index (χ0) is 22.9.